The highest BCUT2D eigenvalue weighted by molar-refractivity contribution is 6.32. The summed E-state index contributed by atoms with van der Waals surface area (Å²) in [5.74, 6) is 0. The van der Waals surface area contributed by atoms with Crippen molar-refractivity contribution in [1.29, 1.82) is 0 Å². The quantitative estimate of drug-likeness (QED) is 0.205. The van der Waals surface area contributed by atoms with Crippen molar-refractivity contribution in [3.63, 3.8) is 0 Å². The van der Waals surface area contributed by atoms with Crippen LogP contribution in [0.5, 0.6) is 0 Å². The molecule has 0 atom stereocenters. The fourth-order valence-electron chi connectivity index (χ4n) is 7.66. The molecule has 0 spiro atoms. The second-order valence-corrected chi connectivity index (χ2v) is 12.1. The van der Waals surface area contributed by atoms with Crippen LogP contribution in [0.3, 0.4) is 0 Å². The van der Waals surface area contributed by atoms with Gasteiger partial charge in [-0.2, -0.15) is 0 Å². The van der Waals surface area contributed by atoms with Crippen LogP contribution in [-0.2, 0) is 5.41 Å². The fourth-order valence-corrected chi connectivity index (χ4v) is 7.66. The summed E-state index contributed by atoms with van der Waals surface area (Å²) in [5.41, 5.74) is 11.7. The molecule has 9 rings (SSSR count). The van der Waals surface area contributed by atoms with Crippen molar-refractivity contribution < 1.29 is 0 Å². The van der Waals surface area contributed by atoms with Gasteiger partial charge in [-0.15, -0.1) is 0 Å². The van der Waals surface area contributed by atoms with Crippen molar-refractivity contribution >= 4 is 32.3 Å². The maximum atomic E-state index is 4.96. The monoisotopic (exact) mass is 548 g/mol. The van der Waals surface area contributed by atoms with Gasteiger partial charge in [0.15, 0.2) is 0 Å². The molecular weight excluding hydrogens is 520 g/mol. The number of nitrogens with zero attached hydrogens (tertiary/aromatic N) is 2. The van der Waals surface area contributed by atoms with Crippen LogP contribution in [0.25, 0.3) is 77.0 Å². The lowest BCUT2D eigenvalue weighted by atomic mass is 9.76. The Bertz CT molecular complexity index is 2280. The number of hydrogen-bond donors (Lipinski definition) is 0. The fraction of sp³-hybridized carbons (Fsp3) is 0.0732. The molecule has 1 aliphatic rings. The van der Waals surface area contributed by atoms with E-state index in [4.69, 9.17) is 9.97 Å². The minimum absolute atomic E-state index is 0.296. The predicted molar refractivity (Wildman–Crippen MR) is 180 cm³/mol. The minimum atomic E-state index is -0.296. The third-order valence-electron chi connectivity index (χ3n) is 9.45. The first kappa shape index (κ1) is 24.3. The number of fused-ring (bicyclic) bond motifs is 4. The van der Waals surface area contributed by atoms with Crippen molar-refractivity contribution in [1.82, 2.24) is 9.97 Å². The third-order valence-corrected chi connectivity index (χ3v) is 9.45. The highest BCUT2D eigenvalue weighted by atomic mass is 14.8. The molecule has 0 saturated carbocycles. The Morgan fingerprint density at radius 1 is 0.465 bits per heavy atom. The Labute approximate surface area is 250 Å². The van der Waals surface area contributed by atoms with Crippen LogP contribution in [0.1, 0.15) is 25.1 Å². The van der Waals surface area contributed by atoms with Gasteiger partial charge in [0.1, 0.15) is 0 Å². The summed E-state index contributed by atoms with van der Waals surface area (Å²) < 4.78 is 0. The van der Waals surface area contributed by atoms with Crippen molar-refractivity contribution in [2.24, 2.45) is 0 Å². The first-order chi connectivity index (χ1) is 21.1. The lowest BCUT2D eigenvalue weighted by molar-refractivity contribution is 0.640. The van der Waals surface area contributed by atoms with Crippen molar-refractivity contribution in [3.05, 3.63) is 145 Å². The van der Waals surface area contributed by atoms with E-state index in [9.17, 15) is 0 Å². The first-order valence-electron chi connectivity index (χ1n) is 14.9. The zero-order valence-corrected chi connectivity index (χ0v) is 24.1. The van der Waals surface area contributed by atoms with Gasteiger partial charge >= 0.3 is 0 Å². The molecule has 7 aromatic carbocycles. The molecule has 8 aromatic rings. The van der Waals surface area contributed by atoms with Crippen LogP contribution in [0.15, 0.2) is 134 Å². The van der Waals surface area contributed by atoms with E-state index in [1.807, 2.05) is 12.4 Å². The molecule has 0 radical (unpaired) electrons. The number of rotatable bonds is 3. The molecule has 0 N–H and O–H groups in total. The summed E-state index contributed by atoms with van der Waals surface area (Å²) in [6.45, 7) is 4.62. The molecular formula is C41H28N2. The van der Waals surface area contributed by atoms with Crippen LogP contribution < -0.4 is 0 Å². The number of aromatic nitrogens is 2. The molecule has 202 valence electrons. The Hall–Kier alpha value is -5.34. The van der Waals surface area contributed by atoms with Crippen LogP contribution >= 0.6 is 0 Å². The Kier molecular flexibility index (Phi) is 4.99. The van der Waals surface area contributed by atoms with Gasteiger partial charge in [-0.1, -0.05) is 129 Å². The molecule has 0 bridgehead atoms. The summed E-state index contributed by atoms with van der Waals surface area (Å²) in [4.78, 5) is 9.89. The summed E-state index contributed by atoms with van der Waals surface area (Å²) in [7, 11) is 0. The van der Waals surface area contributed by atoms with Gasteiger partial charge in [0, 0.05) is 23.4 Å². The first-order valence-corrected chi connectivity index (χ1v) is 14.9. The normalized spacial score (nSPS) is 13.5. The molecule has 1 aromatic heterocycles. The molecule has 0 unspecified atom stereocenters. The highest BCUT2D eigenvalue weighted by Gasteiger charge is 2.42. The van der Waals surface area contributed by atoms with E-state index in [2.05, 4.69) is 135 Å². The van der Waals surface area contributed by atoms with Gasteiger partial charge in [-0.05, 0) is 77.3 Å². The van der Waals surface area contributed by atoms with Crippen molar-refractivity contribution in [3.8, 4) is 44.6 Å². The molecule has 1 heterocycles. The molecule has 43 heavy (non-hydrogen) atoms. The smallest absolute Gasteiger partial charge is 0.0936 e. The molecule has 0 fully saturated rings. The lowest BCUT2D eigenvalue weighted by Crippen LogP contribution is -2.17. The third kappa shape index (κ3) is 3.29. The minimum Gasteiger partial charge on any atom is -0.256 e. The standard InChI is InChI=1S/C41H28N2/c1-41(2)38-31-21-19-29-33(26-14-8-4-9-15-26)24-32(25-12-6-3-7-13-25)28-18-20-30(36(31)35(28)29)34(27-16-10-5-11-17-27)37(38)39-40(41)43-23-22-42-39/h3-24H,1-2H3. The summed E-state index contributed by atoms with van der Waals surface area (Å²) in [6, 6.07) is 44.3. The van der Waals surface area contributed by atoms with Crippen LogP contribution in [0.2, 0.25) is 0 Å². The zero-order valence-electron chi connectivity index (χ0n) is 24.1. The summed E-state index contributed by atoms with van der Waals surface area (Å²) in [5, 5.41) is 7.75. The largest absolute Gasteiger partial charge is 0.256 e. The van der Waals surface area contributed by atoms with Crippen LogP contribution in [0, 0.1) is 0 Å². The second kappa shape index (κ2) is 8.83. The van der Waals surface area contributed by atoms with Gasteiger partial charge in [0.2, 0.25) is 0 Å². The Morgan fingerprint density at radius 2 is 0.953 bits per heavy atom. The predicted octanol–water partition coefficient (Wildman–Crippen LogP) is 10.7. The van der Waals surface area contributed by atoms with Crippen LogP contribution in [0.4, 0.5) is 0 Å². The average molecular weight is 549 g/mol. The maximum absolute atomic E-state index is 4.96. The second-order valence-electron chi connectivity index (χ2n) is 12.1. The van der Waals surface area contributed by atoms with Crippen LogP contribution in [-0.4, -0.2) is 9.97 Å². The van der Waals surface area contributed by atoms with E-state index in [1.165, 1.54) is 76.8 Å². The van der Waals surface area contributed by atoms with Crippen molar-refractivity contribution in [2.45, 2.75) is 19.3 Å². The van der Waals surface area contributed by atoms with E-state index < -0.39 is 0 Å². The molecule has 0 saturated heterocycles. The van der Waals surface area contributed by atoms with Gasteiger partial charge in [0.05, 0.1) is 11.4 Å². The molecule has 0 aliphatic heterocycles. The topological polar surface area (TPSA) is 25.8 Å². The van der Waals surface area contributed by atoms with E-state index >= 15 is 0 Å². The van der Waals surface area contributed by atoms with E-state index in [0.29, 0.717) is 0 Å². The Balaban J connectivity index is 1.54. The Morgan fingerprint density at radius 3 is 1.56 bits per heavy atom. The molecule has 1 aliphatic carbocycles. The van der Waals surface area contributed by atoms with E-state index in [1.54, 1.807) is 0 Å². The van der Waals surface area contributed by atoms with E-state index in [-0.39, 0.29) is 5.41 Å². The number of hydrogen-bond acceptors (Lipinski definition) is 2. The maximum Gasteiger partial charge on any atom is 0.0936 e. The van der Waals surface area contributed by atoms with Gasteiger partial charge in [0.25, 0.3) is 0 Å². The zero-order chi connectivity index (χ0) is 28.7. The summed E-state index contributed by atoms with van der Waals surface area (Å²) >= 11 is 0. The van der Waals surface area contributed by atoms with Gasteiger partial charge in [-0.25, -0.2) is 0 Å². The van der Waals surface area contributed by atoms with E-state index in [0.717, 1.165) is 11.4 Å². The number of benzene rings is 7. The highest BCUT2D eigenvalue weighted by Crippen LogP contribution is 2.57. The SMILES string of the molecule is CC1(C)c2nccnc2-c2c(-c3ccccc3)c3ccc4c(-c5ccccc5)cc(-c5ccccc5)c5ccc(c21)c3c45. The van der Waals surface area contributed by atoms with Gasteiger partial charge < -0.3 is 0 Å². The lowest BCUT2D eigenvalue weighted by Gasteiger charge is -2.26. The van der Waals surface area contributed by atoms with Crippen molar-refractivity contribution in [2.75, 3.05) is 0 Å². The molecule has 0 amide bonds. The molecule has 2 nitrogen and oxygen atoms in total. The summed E-state index contributed by atoms with van der Waals surface area (Å²) in [6.07, 6.45) is 3.67. The average Bonchev–Trinajstić information content (AvgIpc) is 3.31. The molecule has 2 heteroatoms. The van der Waals surface area contributed by atoms with Gasteiger partial charge in [-0.3, -0.25) is 9.97 Å².